The quantitative estimate of drug-likeness (QED) is 0.591. The minimum Gasteiger partial charge on any atom is -0.385 e. The van der Waals surface area contributed by atoms with Gasteiger partial charge in [0.1, 0.15) is 0 Å². The van der Waals surface area contributed by atoms with E-state index < -0.39 is 5.91 Å². The van der Waals surface area contributed by atoms with Crippen molar-refractivity contribution in [1.82, 2.24) is 5.32 Å². The fraction of sp³-hybridized carbons (Fsp3) is 0.385. The second-order valence-corrected chi connectivity index (χ2v) is 4.02. The number of hydrogen-bond acceptors (Lipinski definition) is 4. The molecule has 6 heteroatoms. The zero-order valence-corrected chi connectivity index (χ0v) is 10.9. The van der Waals surface area contributed by atoms with Crippen LogP contribution in [0.15, 0.2) is 24.3 Å². The van der Waals surface area contributed by atoms with E-state index in [-0.39, 0.29) is 12.5 Å². The Bertz CT molecular complexity index is 435. The Labute approximate surface area is 112 Å². The number of hydrogen-bond donors (Lipinski definition) is 3. The third kappa shape index (κ3) is 5.98. The maximum absolute atomic E-state index is 11.6. The number of ether oxygens (including phenoxy) is 1. The molecule has 0 aliphatic heterocycles. The van der Waals surface area contributed by atoms with Crippen molar-refractivity contribution in [3.05, 3.63) is 29.8 Å². The first-order valence-corrected chi connectivity index (χ1v) is 6.03. The van der Waals surface area contributed by atoms with Crippen molar-refractivity contribution in [2.24, 2.45) is 5.73 Å². The van der Waals surface area contributed by atoms with Gasteiger partial charge in [-0.2, -0.15) is 0 Å². The van der Waals surface area contributed by atoms with E-state index in [1.807, 2.05) is 0 Å². The van der Waals surface area contributed by atoms with Gasteiger partial charge >= 0.3 is 0 Å². The molecule has 19 heavy (non-hydrogen) atoms. The standard InChI is InChI=1S/C13H19N3O3/c1-19-7-3-6-15-9-12(17)16-11-5-2-4-10(8-11)13(14)18/h2,4-5,8,15H,3,6-7,9H2,1H3,(H2,14,18)(H,16,17). The van der Waals surface area contributed by atoms with Crippen molar-refractivity contribution < 1.29 is 14.3 Å². The first-order chi connectivity index (χ1) is 9.13. The van der Waals surface area contributed by atoms with Crippen LogP contribution in [0.2, 0.25) is 0 Å². The number of nitrogens with two attached hydrogens (primary N) is 1. The predicted octanol–water partition coefficient (Wildman–Crippen LogP) is 0.350. The first-order valence-electron chi connectivity index (χ1n) is 6.03. The second kappa shape index (κ2) is 8.23. The Kier molecular flexibility index (Phi) is 6.56. The Hall–Kier alpha value is -1.92. The Morgan fingerprint density at radius 2 is 2.16 bits per heavy atom. The van der Waals surface area contributed by atoms with Crippen LogP contribution in [0.4, 0.5) is 5.69 Å². The molecule has 0 unspecified atom stereocenters. The minimum atomic E-state index is -0.520. The molecular formula is C13H19N3O3. The maximum atomic E-state index is 11.6. The van der Waals surface area contributed by atoms with Gasteiger partial charge < -0.3 is 21.1 Å². The van der Waals surface area contributed by atoms with Gasteiger partial charge in [0.2, 0.25) is 11.8 Å². The summed E-state index contributed by atoms with van der Waals surface area (Å²) in [6.07, 6.45) is 0.848. The zero-order valence-electron chi connectivity index (χ0n) is 10.9. The Balaban J connectivity index is 2.35. The molecule has 0 spiro atoms. The summed E-state index contributed by atoms with van der Waals surface area (Å²) in [7, 11) is 1.64. The second-order valence-electron chi connectivity index (χ2n) is 4.02. The SMILES string of the molecule is COCCCNCC(=O)Nc1cccc(C(N)=O)c1. The van der Waals surface area contributed by atoms with Crippen LogP contribution in [0.3, 0.4) is 0 Å². The van der Waals surface area contributed by atoms with E-state index in [0.29, 0.717) is 24.4 Å². The van der Waals surface area contributed by atoms with Crippen LogP contribution in [-0.4, -0.2) is 38.6 Å². The summed E-state index contributed by atoms with van der Waals surface area (Å²) in [5, 5.41) is 5.68. The van der Waals surface area contributed by atoms with Gasteiger partial charge in [-0.3, -0.25) is 9.59 Å². The lowest BCUT2D eigenvalue weighted by atomic mass is 10.2. The lowest BCUT2D eigenvalue weighted by Crippen LogP contribution is -2.29. The molecule has 0 saturated carbocycles. The molecule has 0 radical (unpaired) electrons. The van der Waals surface area contributed by atoms with Crippen LogP contribution in [0.25, 0.3) is 0 Å². The molecule has 0 bridgehead atoms. The lowest BCUT2D eigenvalue weighted by Gasteiger charge is -2.07. The number of carbonyl (C=O) groups is 2. The highest BCUT2D eigenvalue weighted by molar-refractivity contribution is 5.96. The van der Waals surface area contributed by atoms with Gasteiger partial charge in [0.15, 0.2) is 0 Å². The Morgan fingerprint density at radius 3 is 2.84 bits per heavy atom. The largest absolute Gasteiger partial charge is 0.385 e. The van der Waals surface area contributed by atoms with Crippen molar-refractivity contribution in [3.63, 3.8) is 0 Å². The number of primary amides is 1. The van der Waals surface area contributed by atoms with E-state index in [2.05, 4.69) is 10.6 Å². The number of amides is 2. The van der Waals surface area contributed by atoms with Crippen LogP contribution < -0.4 is 16.4 Å². The number of methoxy groups -OCH3 is 1. The molecular weight excluding hydrogens is 246 g/mol. The van der Waals surface area contributed by atoms with E-state index >= 15 is 0 Å². The third-order valence-electron chi connectivity index (χ3n) is 2.42. The summed E-state index contributed by atoms with van der Waals surface area (Å²) in [6.45, 7) is 1.59. The normalized spacial score (nSPS) is 10.2. The molecule has 0 aliphatic carbocycles. The van der Waals surface area contributed by atoms with Crippen molar-refractivity contribution in [1.29, 1.82) is 0 Å². The van der Waals surface area contributed by atoms with Crippen LogP contribution >= 0.6 is 0 Å². The van der Waals surface area contributed by atoms with Gasteiger partial charge in [0, 0.05) is 25.0 Å². The number of carbonyl (C=O) groups excluding carboxylic acids is 2. The van der Waals surface area contributed by atoms with Crippen LogP contribution in [0, 0.1) is 0 Å². The topological polar surface area (TPSA) is 93.4 Å². The molecule has 0 atom stereocenters. The molecule has 0 aromatic heterocycles. The lowest BCUT2D eigenvalue weighted by molar-refractivity contribution is -0.115. The summed E-state index contributed by atoms with van der Waals surface area (Å²) in [4.78, 5) is 22.6. The van der Waals surface area contributed by atoms with Gasteiger partial charge in [0.05, 0.1) is 6.54 Å². The summed E-state index contributed by atoms with van der Waals surface area (Å²) in [5.41, 5.74) is 6.09. The summed E-state index contributed by atoms with van der Waals surface area (Å²) in [6, 6.07) is 6.52. The maximum Gasteiger partial charge on any atom is 0.248 e. The molecule has 6 nitrogen and oxygen atoms in total. The third-order valence-corrected chi connectivity index (χ3v) is 2.42. The highest BCUT2D eigenvalue weighted by atomic mass is 16.5. The van der Waals surface area contributed by atoms with Gasteiger partial charge in [-0.25, -0.2) is 0 Å². The van der Waals surface area contributed by atoms with Gasteiger partial charge in [-0.15, -0.1) is 0 Å². The smallest absolute Gasteiger partial charge is 0.248 e. The highest BCUT2D eigenvalue weighted by Crippen LogP contribution is 2.09. The molecule has 1 aromatic rings. The molecule has 0 saturated heterocycles. The highest BCUT2D eigenvalue weighted by Gasteiger charge is 2.04. The Morgan fingerprint density at radius 1 is 1.37 bits per heavy atom. The zero-order chi connectivity index (χ0) is 14.1. The van der Waals surface area contributed by atoms with Crippen LogP contribution in [-0.2, 0) is 9.53 Å². The molecule has 1 rings (SSSR count). The van der Waals surface area contributed by atoms with Crippen LogP contribution in [0.1, 0.15) is 16.8 Å². The molecule has 104 valence electrons. The van der Waals surface area contributed by atoms with E-state index in [9.17, 15) is 9.59 Å². The van der Waals surface area contributed by atoms with E-state index in [1.165, 1.54) is 0 Å². The van der Waals surface area contributed by atoms with E-state index in [4.69, 9.17) is 10.5 Å². The molecule has 0 heterocycles. The van der Waals surface area contributed by atoms with Crippen molar-refractivity contribution in [2.45, 2.75) is 6.42 Å². The van der Waals surface area contributed by atoms with Crippen molar-refractivity contribution in [3.8, 4) is 0 Å². The summed E-state index contributed by atoms with van der Waals surface area (Å²) in [5.74, 6) is -0.687. The number of anilines is 1. The number of nitrogens with one attached hydrogen (secondary N) is 2. The molecule has 0 aliphatic rings. The molecule has 0 fully saturated rings. The van der Waals surface area contributed by atoms with Gasteiger partial charge in [-0.05, 0) is 31.2 Å². The monoisotopic (exact) mass is 265 g/mol. The predicted molar refractivity (Wildman–Crippen MR) is 73.0 cm³/mol. The molecule has 2 amide bonds. The fourth-order valence-electron chi connectivity index (χ4n) is 1.50. The van der Waals surface area contributed by atoms with Gasteiger partial charge in [0.25, 0.3) is 0 Å². The van der Waals surface area contributed by atoms with E-state index in [0.717, 1.165) is 6.42 Å². The van der Waals surface area contributed by atoms with Gasteiger partial charge in [-0.1, -0.05) is 6.07 Å². The number of rotatable bonds is 8. The number of benzene rings is 1. The van der Waals surface area contributed by atoms with Crippen molar-refractivity contribution >= 4 is 17.5 Å². The summed E-state index contributed by atoms with van der Waals surface area (Å²) < 4.78 is 4.90. The van der Waals surface area contributed by atoms with E-state index in [1.54, 1.807) is 31.4 Å². The average Bonchev–Trinajstić information content (AvgIpc) is 2.38. The first kappa shape index (κ1) is 15.1. The summed E-state index contributed by atoms with van der Waals surface area (Å²) >= 11 is 0. The average molecular weight is 265 g/mol. The van der Waals surface area contributed by atoms with Crippen LogP contribution in [0.5, 0.6) is 0 Å². The fourth-order valence-corrected chi connectivity index (χ4v) is 1.50. The minimum absolute atomic E-state index is 0.168. The molecule has 1 aromatic carbocycles. The van der Waals surface area contributed by atoms with Crippen molar-refractivity contribution in [2.75, 3.05) is 32.1 Å². The molecule has 4 N–H and O–H groups in total.